The van der Waals surface area contributed by atoms with E-state index in [4.69, 9.17) is 16.3 Å². The molecule has 0 unspecified atom stereocenters. The topological polar surface area (TPSA) is 201 Å². The van der Waals surface area contributed by atoms with Gasteiger partial charge >= 0.3 is 0 Å². The molecular weight excluding hydrogens is 1400 g/mol. The van der Waals surface area contributed by atoms with Gasteiger partial charge in [-0.2, -0.15) is 27.8 Å². The quantitative estimate of drug-likeness (QED) is 0.0513. The monoisotopic (exact) mass is 1450 g/mol. The molecule has 18 rings (SSSR count). The zero-order valence-corrected chi connectivity index (χ0v) is 56.9. The van der Waals surface area contributed by atoms with Gasteiger partial charge in [0.25, 0.3) is 0 Å². The molecule has 14 heterocycles. The molecule has 27 heteroatoms. The molecule has 0 radical (unpaired) electrons. The molecule has 102 heavy (non-hydrogen) atoms. The first-order valence-corrected chi connectivity index (χ1v) is 35.5. The van der Waals surface area contributed by atoms with Crippen LogP contribution < -0.4 is 10.2 Å². The van der Waals surface area contributed by atoms with Crippen LogP contribution in [-0.4, -0.2) is 112 Å². The minimum absolute atomic E-state index is 0.00535. The van der Waals surface area contributed by atoms with Crippen molar-refractivity contribution in [3.63, 3.8) is 0 Å². The SMILES string of the molecule is FC1(F)CC(C2=CCc3ncc(-c4ccsc4)cc32)C1.Fc1c(-c2c[nH]c3ncc(-c4ccsc4)cc23)ccnc1Cl.O=C(c1c(F)cccc1F)c1c[nH]c2ncc(-c3cnc(N4CCOCC4)s3)cc12.O=C(c1c(F)cccc1F)c1c[nH]c2ncc(-c3cnn(C4CCNCC4)c3)cc12. The van der Waals surface area contributed by atoms with Crippen molar-refractivity contribution in [2.45, 2.75) is 44.1 Å². The summed E-state index contributed by atoms with van der Waals surface area (Å²) in [6, 6.07) is 20.5. The smallest absolute Gasteiger partial charge is 0.249 e. The number of piperidine rings is 1. The number of halogens is 8. The maximum Gasteiger partial charge on any atom is 0.249 e. The van der Waals surface area contributed by atoms with E-state index in [9.17, 15) is 40.3 Å². The number of benzene rings is 2. The van der Waals surface area contributed by atoms with Crippen LogP contribution in [0.2, 0.25) is 5.15 Å². The molecule has 16 nitrogen and oxygen atoms in total. The number of ether oxygens (including phenoxy) is 1. The van der Waals surface area contributed by atoms with Crippen LogP contribution in [0.3, 0.4) is 0 Å². The average Bonchev–Trinajstić information content (AvgIpc) is 1.62. The van der Waals surface area contributed by atoms with Crippen LogP contribution in [0.1, 0.15) is 74.8 Å². The number of morpholine rings is 1. The number of carbonyl (C=O) groups excluding carboxylic acids is 2. The summed E-state index contributed by atoms with van der Waals surface area (Å²) >= 11 is 10.6. The van der Waals surface area contributed by atoms with Crippen molar-refractivity contribution < 1.29 is 45.1 Å². The number of nitrogens with one attached hydrogen (secondary N) is 4. The van der Waals surface area contributed by atoms with Gasteiger partial charge in [0, 0.05) is 166 Å². The third-order valence-corrected chi connectivity index (χ3v) is 21.0. The fourth-order valence-corrected chi connectivity index (χ4v) is 15.4. The van der Waals surface area contributed by atoms with Gasteiger partial charge in [0.15, 0.2) is 16.1 Å². The Kier molecular flexibility index (Phi) is 19.1. The molecule has 12 aromatic heterocycles. The third kappa shape index (κ3) is 13.8. The molecule has 4 N–H and O–H groups in total. The normalized spacial score (nSPS) is 15.1. The predicted molar refractivity (Wildman–Crippen MR) is 383 cm³/mol. The number of aromatic amines is 3. The highest BCUT2D eigenvalue weighted by molar-refractivity contribution is 7.18. The number of thiophene rings is 2. The summed E-state index contributed by atoms with van der Waals surface area (Å²) in [5.41, 5.74) is 11.9. The van der Waals surface area contributed by atoms with E-state index in [-0.39, 0.29) is 35.0 Å². The maximum atomic E-state index is 14.2. The second-order valence-corrected chi connectivity index (χ2v) is 27.6. The molecule has 2 aromatic carbocycles. The molecule has 3 fully saturated rings. The zero-order chi connectivity index (χ0) is 70.2. The number of aromatic nitrogens is 11. The van der Waals surface area contributed by atoms with Crippen LogP contribution in [0, 0.1) is 35.0 Å². The number of hydrogen-bond acceptors (Lipinski definition) is 15. The van der Waals surface area contributed by atoms with Crippen LogP contribution in [0.4, 0.5) is 35.9 Å². The minimum atomic E-state index is -2.47. The Hall–Kier alpha value is -10.4. The van der Waals surface area contributed by atoms with Crippen molar-refractivity contribution in [2.24, 2.45) is 5.92 Å². The predicted octanol–water partition coefficient (Wildman–Crippen LogP) is 17.8. The molecule has 0 bridgehead atoms. The molecule has 14 aromatic rings. The van der Waals surface area contributed by atoms with Crippen LogP contribution in [0.15, 0.2) is 175 Å². The summed E-state index contributed by atoms with van der Waals surface area (Å²) in [7, 11) is 0. The fraction of sp³-hybridized carbons (Fsp3) is 0.187. The number of thiazole rings is 1. The third-order valence-electron chi connectivity index (χ3n) is 18.3. The molecule has 0 atom stereocenters. The first kappa shape index (κ1) is 67.5. The number of nitrogens with zero attached hydrogens (tertiary/aromatic N) is 9. The highest BCUT2D eigenvalue weighted by Crippen LogP contribution is 2.51. The maximum absolute atomic E-state index is 14.2. The molecule has 1 saturated carbocycles. The number of pyridine rings is 5. The summed E-state index contributed by atoms with van der Waals surface area (Å²) < 4.78 is 104. The molecular formula is C75H57ClF7N13O3S3. The van der Waals surface area contributed by atoms with Crippen molar-refractivity contribution in [1.82, 2.24) is 60.0 Å². The molecule has 0 spiro atoms. The van der Waals surface area contributed by atoms with E-state index in [2.05, 4.69) is 89.1 Å². The van der Waals surface area contributed by atoms with Crippen molar-refractivity contribution >= 4 is 101 Å². The van der Waals surface area contributed by atoms with Crippen LogP contribution in [0.25, 0.3) is 93.6 Å². The lowest BCUT2D eigenvalue weighted by molar-refractivity contribution is -0.0934. The summed E-state index contributed by atoms with van der Waals surface area (Å²) in [6.07, 6.45) is 23.6. The second kappa shape index (κ2) is 28.9. The van der Waals surface area contributed by atoms with Gasteiger partial charge in [-0.3, -0.25) is 19.3 Å². The van der Waals surface area contributed by atoms with E-state index in [1.807, 2.05) is 40.0 Å². The summed E-state index contributed by atoms with van der Waals surface area (Å²) in [4.78, 5) is 63.6. The van der Waals surface area contributed by atoms with Crippen LogP contribution >= 0.6 is 45.6 Å². The molecule has 2 aliphatic heterocycles. The molecule has 4 aliphatic rings. The van der Waals surface area contributed by atoms with Gasteiger partial charge in [-0.25, -0.2) is 55.7 Å². The van der Waals surface area contributed by atoms with Gasteiger partial charge < -0.3 is 29.9 Å². The minimum Gasteiger partial charge on any atom is -0.378 e. The number of carbonyl (C=O) groups is 2. The molecule has 514 valence electrons. The number of fused-ring (bicyclic) bond motifs is 4. The Labute approximate surface area is 594 Å². The average molecular weight is 1450 g/mol. The van der Waals surface area contributed by atoms with E-state index in [1.54, 1.807) is 78.1 Å². The van der Waals surface area contributed by atoms with Crippen molar-refractivity contribution in [3.05, 3.63) is 242 Å². The van der Waals surface area contributed by atoms with E-state index in [0.29, 0.717) is 52.5 Å². The number of rotatable bonds is 12. The summed E-state index contributed by atoms with van der Waals surface area (Å²) in [5.74, 6) is -7.99. The number of alkyl halides is 2. The van der Waals surface area contributed by atoms with Crippen LogP contribution in [0.5, 0.6) is 0 Å². The van der Waals surface area contributed by atoms with E-state index in [1.165, 1.54) is 42.1 Å². The zero-order valence-electron chi connectivity index (χ0n) is 53.7. The first-order valence-electron chi connectivity index (χ1n) is 32.4. The number of hydrogen-bond donors (Lipinski definition) is 4. The van der Waals surface area contributed by atoms with Crippen molar-refractivity contribution in [3.8, 4) is 54.9 Å². The highest BCUT2D eigenvalue weighted by Gasteiger charge is 2.47. The van der Waals surface area contributed by atoms with Gasteiger partial charge in [0.2, 0.25) is 17.5 Å². The Morgan fingerprint density at radius 1 is 0.588 bits per heavy atom. The molecule has 2 saturated heterocycles. The van der Waals surface area contributed by atoms with Crippen molar-refractivity contribution in [1.29, 1.82) is 0 Å². The lowest BCUT2D eigenvalue weighted by atomic mass is 9.75. The lowest BCUT2D eigenvalue weighted by Gasteiger charge is -2.36. The van der Waals surface area contributed by atoms with Gasteiger partial charge in [-0.15, -0.1) is 0 Å². The lowest BCUT2D eigenvalue weighted by Crippen LogP contribution is -2.36. The van der Waals surface area contributed by atoms with Crippen LogP contribution in [-0.2, 0) is 11.2 Å². The standard InChI is InChI=1S/C22H19F2N5O.C21H16F2N4O2S.C16H9ClFN3S.C16H13F2NS/c23-18-2-1-3-19(24)20(18)21(30)17-11-27-22-16(17)8-13(9-26-22)14-10-28-29(12-14)15-4-6-25-7-5-15;22-15-2-1-3-16(23)18(15)19(28)14-10-25-20-13(14)8-12(9-24-20)17-11-26-21(30-17)27-4-6-29-7-5-27;17-15-14(18)11(1-3-19-15)13-7-21-16-12(13)5-10(6-20-16)9-2-4-22-8-9;17-16(18)6-12(7-16)13-1-2-15-14(13)5-11(8-19-15)10-3-4-20-9-10/h1-3,8-12,15,25H,4-7H2,(H,26,27);1-3,8-11H,4-7H2,(H,24,25);1-8H,(H,20,21);1,3-5,8-9,12H,2,6-7H2. The Morgan fingerprint density at radius 3 is 1.75 bits per heavy atom. The molecule has 2 aliphatic carbocycles. The molecule has 0 amide bonds. The number of H-pyrrole nitrogens is 3. The van der Waals surface area contributed by atoms with Crippen molar-refractivity contribution in [2.75, 3.05) is 44.3 Å². The number of allylic oxidation sites excluding steroid dienone is 2. The van der Waals surface area contributed by atoms with E-state index >= 15 is 0 Å². The van der Waals surface area contributed by atoms with Gasteiger partial charge in [-0.1, -0.05) is 41.1 Å². The van der Waals surface area contributed by atoms with Gasteiger partial charge in [-0.05, 0) is 137 Å². The largest absolute Gasteiger partial charge is 0.378 e. The Morgan fingerprint density at radius 2 is 1.15 bits per heavy atom. The van der Waals surface area contributed by atoms with Gasteiger partial charge in [0.1, 0.15) is 40.2 Å². The summed E-state index contributed by atoms with van der Waals surface area (Å²) in [5, 5.41) is 18.6. The fourth-order valence-electron chi connectivity index (χ4n) is 12.9. The first-order chi connectivity index (χ1) is 49.6. The Bertz CT molecular complexity index is 5230. The highest BCUT2D eigenvalue weighted by atomic mass is 35.5. The Balaban J connectivity index is 0.000000111. The van der Waals surface area contributed by atoms with E-state index < -0.39 is 57.7 Å². The summed E-state index contributed by atoms with van der Waals surface area (Å²) in [6.45, 7) is 4.85. The number of ketones is 2. The van der Waals surface area contributed by atoms with E-state index in [0.717, 1.165) is 146 Å². The van der Waals surface area contributed by atoms with Gasteiger partial charge in [0.05, 0.1) is 47.2 Å². The number of anilines is 1. The second-order valence-electron chi connectivity index (χ2n) is 24.6.